The van der Waals surface area contributed by atoms with E-state index in [0.717, 1.165) is 4.90 Å². The average Bonchev–Trinajstić information content (AvgIpc) is 2.78. The Morgan fingerprint density at radius 3 is 2.26 bits per heavy atom. The summed E-state index contributed by atoms with van der Waals surface area (Å²) in [5, 5.41) is 10.4. The van der Waals surface area contributed by atoms with Crippen molar-refractivity contribution in [1.82, 2.24) is 0 Å². The van der Waals surface area contributed by atoms with Crippen molar-refractivity contribution >= 4 is 34.7 Å². The third-order valence-corrected chi connectivity index (χ3v) is 3.85. The van der Waals surface area contributed by atoms with E-state index in [4.69, 9.17) is 16.3 Å². The standard InChI is InChI=1S/C17H12ClNO4/c1-23-11-8-6-10(7-9-11)14-15(20)17(22)19(16(14)21)13-5-3-2-4-12(13)18/h2-9,20H,1H3. The quantitative estimate of drug-likeness (QED) is 0.878. The van der Waals surface area contributed by atoms with Crippen molar-refractivity contribution < 1.29 is 19.4 Å². The lowest BCUT2D eigenvalue weighted by Crippen LogP contribution is -2.31. The maximum Gasteiger partial charge on any atom is 0.301 e. The lowest BCUT2D eigenvalue weighted by atomic mass is 10.1. The molecule has 1 aliphatic heterocycles. The number of methoxy groups -OCH3 is 1. The molecule has 0 atom stereocenters. The highest BCUT2D eigenvalue weighted by atomic mass is 35.5. The first-order chi connectivity index (χ1) is 11.0. The molecule has 2 amide bonds. The molecule has 0 radical (unpaired) electrons. The van der Waals surface area contributed by atoms with Gasteiger partial charge >= 0.3 is 5.91 Å². The molecule has 6 heteroatoms. The van der Waals surface area contributed by atoms with Gasteiger partial charge in [-0.05, 0) is 29.8 Å². The van der Waals surface area contributed by atoms with Gasteiger partial charge in [0.2, 0.25) is 0 Å². The number of amides is 2. The Labute approximate surface area is 137 Å². The van der Waals surface area contributed by atoms with Crippen molar-refractivity contribution in [1.29, 1.82) is 0 Å². The van der Waals surface area contributed by atoms with Gasteiger partial charge < -0.3 is 9.84 Å². The summed E-state index contributed by atoms with van der Waals surface area (Å²) in [5.41, 5.74) is 0.605. The molecule has 0 bridgehead atoms. The largest absolute Gasteiger partial charge is 0.502 e. The van der Waals surface area contributed by atoms with Gasteiger partial charge in [-0.2, -0.15) is 0 Å². The van der Waals surface area contributed by atoms with Crippen LogP contribution in [0.15, 0.2) is 54.3 Å². The minimum Gasteiger partial charge on any atom is -0.502 e. The van der Waals surface area contributed by atoms with Crippen LogP contribution < -0.4 is 9.64 Å². The van der Waals surface area contributed by atoms with E-state index in [1.54, 1.807) is 48.5 Å². The van der Waals surface area contributed by atoms with Crippen LogP contribution in [0.4, 0.5) is 5.69 Å². The zero-order valence-electron chi connectivity index (χ0n) is 12.1. The Kier molecular flexibility index (Phi) is 3.80. The summed E-state index contributed by atoms with van der Waals surface area (Å²) in [4.78, 5) is 25.8. The molecule has 0 unspecified atom stereocenters. The predicted octanol–water partition coefficient (Wildman–Crippen LogP) is 3.19. The highest BCUT2D eigenvalue weighted by molar-refractivity contribution is 6.46. The number of para-hydroxylation sites is 1. The van der Waals surface area contributed by atoms with E-state index in [0.29, 0.717) is 11.3 Å². The summed E-state index contributed by atoms with van der Waals surface area (Å²) in [6.45, 7) is 0. The van der Waals surface area contributed by atoms with Crippen molar-refractivity contribution in [2.24, 2.45) is 0 Å². The monoisotopic (exact) mass is 329 g/mol. The molecular weight excluding hydrogens is 318 g/mol. The van der Waals surface area contributed by atoms with Crippen LogP contribution in [0.5, 0.6) is 5.75 Å². The van der Waals surface area contributed by atoms with Gasteiger partial charge in [0.05, 0.1) is 23.4 Å². The van der Waals surface area contributed by atoms with Crippen LogP contribution in [0.3, 0.4) is 0 Å². The van der Waals surface area contributed by atoms with Crippen LogP contribution in [0.2, 0.25) is 5.02 Å². The van der Waals surface area contributed by atoms with Crippen molar-refractivity contribution in [2.45, 2.75) is 0 Å². The number of nitrogens with zero attached hydrogens (tertiary/aromatic N) is 1. The molecule has 5 nitrogen and oxygen atoms in total. The normalized spacial score (nSPS) is 14.6. The number of aliphatic hydroxyl groups excluding tert-OH is 1. The predicted molar refractivity (Wildman–Crippen MR) is 86.5 cm³/mol. The first-order valence-electron chi connectivity index (χ1n) is 6.75. The molecule has 3 rings (SSSR count). The van der Waals surface area contributed by atoms with Gasteiger partial charge in [0.15, 0.2) is 5.76 Å². The maximum atomic E-state index is 12.6. The topological polar surface area (TPSA) is 66.8 Å². The SMILES string of the molecule is COc1ccc(C2=C(O)C(=O)N(c3ccccc3Cl)C2=O)cc1. The Morgan fingerprint density at radius 2 is 1.65 bits per heavy atom. The van der Waals surface area contributed by atoms with Crippen molar-refractivity contribution in [3.63, 3.8) is 0 Å². The number of carbonyl (C=O) groups is 2. The van der Waals surface area contributed by atoms with E-state index in [-0.39, 0.29) is 16.3 Å². The number of ether oxygens (including phenoxy) is 1. The molecule has 0 fully saturated rings. The van der Waals surface area contributed by atoms with Crippen LogP contribution >= 0.6 is 11.6 Å². The molecule has 0 saturated heterocycles. The summed E-state index contributed by atoms with van der Waals surface area (Å²) < 4.78 is 5.05. The molecule has 0 spiro atoms. The Hall–Kier alpha value is -2.79. The smallest absolute Gasteiger partial charge is 0.301 e. The minimum atomic E-state index is -0.797. The van der Waals surface area contributed by atoms with E-state index in [1.807, 2.05) is 0 Å². The molecule has 23 heavy (non-hydrogen) atoms. The van der Waals surface area contributed by atoms with Gasteiger partial charge in [0.25, 0.3) is 5.91 Å². The lowest BCUT2D eigenvalue weighted by Gasteiger charge is -2.15. The molecule has 1 heterocycles. The molecule has 2 aromatic carbocycles. The molecule has 2 aromatic rings. The van der Waals surface area contributed by atoms with E-state index in [2.05, 4.69) is 0 Å². The highest BCUT2D eigenvalue weighted by Crippen LogP contribution is 2.35. The van der Waals surface area contributed by atoms with Crippen LogP contribution in [0.1, 0.15) is 5.56 Å². The second kappa shape index (κ2) is 5.78. The van der Waals surface area contributed by atoms with Gasteiger partial charge in [-0.15, -0.1) is 0 Å². The Morgan fingerprint density at radius 1 is 1.00 bits per heavy atom. The zero-order valence-corrected chi connectivity index (χ0v) is 12.9. The molecular formula is C17H12ClNO4. The van der Waals surface area contributed by atoms with Crippen LogP contribution in [0.25, 0.3) is 5.57 Å². The number of carbonyl (C=O) groups excluding carboxylic acids is 2. The summed E-state index contributed by atoms with van der Waals surface area (Å²) in [7, 11) is 1.52. The number of imide groups is 1. The van der Waals surface area contributed by atoms with E-state index >= 15 is 0 Å². The van der Waals surface area contributed by atoms with E-state index in [1.165, 1.54) is 7.11 Å². The fraction of sp³-hybridized carbons (Fsp3) is 0.0588. The number of halogens is 1. The number of rotatable bonds is 3. The second-order valence-corrected chi connectivity index (χ2v) is 5.26. The molecule has 116 valence electrons. The lowest BCUT2D eigenvalue weighted by molar-refractivity contribution is -0.121. The third-order valence-electron chi connectivity index (χ3n) is 3.53. The second-order valence-electron chi connectivity index (χ2n) is 4.85. The van der Waals surface area contributed by atoms with Crippen molar-refractivity contribution in [2.75, 3.05) is 12.0 Å². The molecule has 0 aromatic heterocycles. The molecule has 1 aliphatic rings. The van der Waals surface area contributed by atoms with Crippen molar-refractivity contribution in [3.8, 4) is 5.75 Å². The van der Waals surface area contributed by atoms with Crippen LogP contribution in [-0.4, -0.2) is 24.0 Å². The summed E-state index contributed by atoms with van der Waals surface area (Å²) in [6.07, 6.45) is 0. The number of anilines is 1. The van der Waals surface area contributed by atoms with Gasteiger partial charge in [-0.1, -0.05) is 35.9 Å². The molecule has 1 N–H and O–H groups in total. The molecule has 0 saturated carbocycles. The average molecular weight is 330 g/mol. The summed E-state index contributed by atoms with van der Waals surface area (Å²) >= 11 is 6.05. The molecule has 0 aliphatic carbocycles. The number of aliphatic hydroxyl groups is 1. The van der Waals surface area contributed by atoms with Gasteiger partial charge in [-0.3, -0.25) is 9.59 Å². The van der Waals surface area contributed by atoms with E-state index < -0.39 is 17.6 Å². The van der Waals surface area contributed by atoms with Crippen LogP contribution in [-0.2, 0) is 9.59 Å². The fourth-order valence-electron chi connectivity index (χ4n) is 2.39. The van der Waals surface area contributed by atoms with Gasteiger partial charge in [0.1, 0.15) is 5.75 Å². The van der Waals surface area contributed by atoms with Crippen molar-refractivity contribution in [3.05, 3.63) is 64.9 Å². The number of benzene rings is 2. The van der Waals surface area contributed by atoms with Gasteiger partial charge in [-0.25, -0.2) is 4.90 Å². The van der Waals surface area contributed by atoms with E-state index in [9.17, 15) is 14.7 Å². The number of hydrogen-bond donors (Lipinski definition) is 1. The fourth-order valence-corrected chi connectivity index (χ4v) is 2.61. The number of hydrogen-bond acceptors (Lipinski definition) is 4. The summed E-state index contributed by atoms with van der Waals surface area (Å²) in [5.74, 6) is -1.41. The Bertz CT molecular complexity index is 827. The highest BCUT2D eigenvalue weighted by Gasteiger charge is 2.40. The Balaban J connectivity index is 2.04. The van der Waals surface area contributed by atoms with Gasteiger partial charge in [0, 0.05) is 0 Å². The maximum absolute atomic E-state index is 12.6. The minimum absolute atomic E-state index is 0.0578. The first-order valence-corrected chi connectivity index (χ1v) is 7.13. The third kappa shape index (κ3) is 2.45. The zero-order chi connectivity index (χ0) is 16.6. The summed E-state index contributed by atoms with van der Waals surface area (Å²) in [6, 6.07) is 13.0. The first kappa shape index (κ1) is 15.1. The van der Waals surface area contributed by atoms with Crippen LogP contribution in [0, 0.1) is 0 Å².